The smallest absolute Gasteiger partial charge is 0.472 e. The highest BCUT2D eigenvalue weighted by Crippen LogP contribution is 2.43. The molecule has 2 atom stereocenters. The minimum atomic E-state index is -4.27. The standard InChI is InChI=1S/C41H76NO7P/c1-3-5-7-9-11-13-15-17-19-21-23-25-27-29-31-33-36-46-40(39-49-50(44,45)48-37-35-42)38-47-41(43)34-32-30-28-26-24-22-20-18-16-14-12-10-8-6-4-2/h6,8,12,14,18,20,33,36,40H,3-5,7,9-11,13,15-17,19,21-32,34-35,37-39,42H2,1-2H3,(H,44,45)/t40-/m1/s1. The van der Waals surface area contributed by atoms with E-state index < -0.39 is 13.9 Å². The Hall–Kier alpha value is -1.70. The zero-order chi connectivity index (χ0) is 36.6. The number of hydrogen-bond acceptors (Lipinski definition) is 7. The van der Waals surface area contributed by atoms with E-state index in [-0.39, 0.29) is 32.3 Å². The molecule has 0 saturated heterocycles. The Morgan fingerprint density at radius 3 is 1.70 bits per heavy atom. The molecular weight excluding hydrogens is 649 g/mol. The summed E-state index contributed by atoms with van der Waals surface area (Å²) in [6, 6.07) is 0. The first-order chi connectivity index (χ1) is 24.4. The summed E-state index contributed by atoms with van der Waals surface area (Å²) in [5.41, 5.74) is 5.35. The summed E-state index contributed by atoms with van der Waals surface area (Å²) in [5.74, 6) is -0.308. The molecule has 1 unspecified atom stereocenters. The summed E-state index contributed by atoms with van der Waals surface area (Å²) in [6.45, 7) is 4.08. The third-order valence-electron chi connectivity index (χ3n) is 8.35. The monoisotopic (exact) mass is 726 g/mol. The number of phosphoric ester groups is 1. The molecule has 0 aromatic carbocycles. The zero-order valence-corrected chi connectivity index (χ0v) is 33.0. The fourth-order valence-corrected chi connectivity index (χ4v) is 6.11. The van der Waals surface area contributed by atoms with Crippen LogP contribution in [0.5, 0.6) is 0 Å². The van der Waals surface area contributed by atoms with Gasteiger partial charge in [-0.15, -0.1) is 0 Å². The van der Waals surface area contributed by atoms with Gasteiger partial charge in [-0.25, -0.2) is 4.57 Å². The molecule has 3 N–H and O–H groups in total. The minimum Gasteiger partial charge on any atom is -0.492 e. The highest BCUT2D eigenvalue weighted by Gasteiger charge is 2.24. The lowest BCUT2D eigenvalue weighted by molar-refractivity contribution is -0.147. The van der Waals surface area contributed by atoms with Crippen LogP contribution in [0.1, 0.15) is 174 Å². The van der Waals surface area contributed by atoms with E-state index in [0.717, 1.165) is 70.6 Å². The van der Waals surface area contributed by atoms with Crippen molar-refractivity contribution in [2.75, 3.05) is 26.4 Å². The average molecular weight is 726 g/mol. The number of allylic oxidation sites excluding steroid dienone is 7. The van der Waals surface area contributed by atoms with Crippen LogP contribution in [0.2, 0.25) is 0 Å². The number of phosphoric acid groups is 1. The molecule has 0 fully saturated rings. The van der Waals surface area contributed by atoms with Crippen LogP contribution in [0.4, 0.5) is 0 Å². The number of carbonyl (C=O) groups is 1. The van der Waals surface area contributed by atoms with E-state index in [2.05, 4.69) is 50.3 Å². The van der Waals surface area contributed by atoms with Crippen LogP contribution in [-0.2, 0) is 27.9 Å². The van der Waals surface area contributed by atoms with Crippen LogP contribution in [0.25, 0.3) is 0 Å². The normalized spacial score (nSPS) is 14.0. The molecule has 0 aliphatic carbocycles. The van der Waals surface area contributed by atoms with Crippen molar-refractivity contribution in [2.45, 2.75) is 180 Å². The van der Waals surface area contributed by atoms with Crippen molar-refractivity contribution in [1.29, 1.82) is 0 Å². The van der Waals surface area contributed by atoms with Gasteiger partial charge >= 0.3 is 13.8 Å². The van der Waals surface area contributed by atoms with Crippen molar-refractivity contribution in [3.63, 3.8) is 0 Å². The van der Waals surface area contributed by atoms with Gasteiger partial charge in [-0.05, 0) is 57.4 Å². The molecule has 0 aliphatic rings. The fraction of sp³-hybridized carbons (Fsp3) is 0.780. The van der Waals surface area contributed by atoms with Crippen LogP contribution < -0.4 is 5.73 Å². The van der Waals surface area contributed by atoms with Gasteiger partial charge in [-0.3, -0.25) is 13.8 Å². The maximum atomic E-state index is 12.4. The first-order valence-electron chi connectivity index (χ1n) is 20.2. The highest BCUT2D eigenvalue weighted by atomic mass is 31.2. The summed E-state index contributed by atoms with van der Waals surface area (Å²) in [5, 5.41) is 0. The number of esters is 1. The number of nitrogens with two attached hydrogens (primary N) is 1. The minimum absolute atomic E-state index is 0.0735. The second-order valence-corrected chi connectivity index (χ2v) is 14.6. The Kier molecular flexibility index (Phi) is 37.2. The van der Waals surface area contributed by atoms with Gasteiger partial charge in [0.1, 0.15) is 6.61 Å². The van der Waals surface area contributed by atoms with Gasteiger partial charge in [-0.2, -0.15) is 0 Å². The topological polar surface area (TPSA) is 117 Å². The van der Waals surface area contributed by atoms with E-state index in [9.17, 15) is 14.3 Å². The Labute approximate surface area is 307 Å². The molecule has 0 aromatic heterocycles. The molecule has 0 amide bonds. The van der Waals surface area contributed by atoms with Gasteiger partial charge in [0.2, 0.25) is 0 Å². The molecule has 8 nitrogen and oxygen atoms in total. The molecule has 0 radical (unpaired) electrons. The van der Waals surface area contributed by atoms with Crippen molar-refractivity contribution in [1.82, 2.24) is 0 Å². The predicted molar refractivity (Wildman–Crippen MR) is 210 cm³/mol. The third kappa shape index (κ3) is 37.6. The van der Waals surface area contributed by atoms with Crippen molar-refractivity contribution >= 4 is 13.8 Å². The quantitative estimate of drug-likeness (QED) is 0.0212. The SMILES string of the molecule is CCC=CCC=CCC=CCCCCCCCC(=O)OC[C@H](COP(=O)(O)OCCN)OC=CCCCCCCCCCCCCCCCC. The van der Waals surface area contributed by atoms with Crippen LogP contribution in [0.15, 0.2) is 48.8 Å². The average Bonchev–Trinajstić information content (AvgIpc) is 3.11. The molecular formula is C41H76NO7P. The predicted octanol–water partition coefficient (Wildman–Crippen LogP) is 12.0. The van der Waals surface area contributed by atoms with Gasteiger partial charge in [0.05, 0.1) is 19.5 Å². The van der Waals surface area contributed by atoms with Crippen molar-refractivity contribution < 1.29 is 32.8 Å². The maximum Gasteiger partial charge on any atom is 0.472 e. The van der Waals surface area contributed by atoms with Crippen molar-refractivity contribution in [3.05, 3.63) is 48.8 Å². The van der Waals surface area contributed by atoms with Crippen LogP contribution in [0, 0.1) is 0 Å². The molecule has 292 valence electrons. The Morgan fingerprint density at radius 2 is 1.14 bits per heavy atom. The Bertz CT molecular complexity index is 905. The third-order valence-corrected chi connectivity index (χ3v) is 9.33. The summed E-state index contributed by atoms with van der Waals surface area (Å²) in [6.07, 6.45) is 45.1. The van der Waals surface area contributed by atoms with E-state index in [1.807, 2.05) is 6.08 Å². The summed E-state index contributed by atoms with van der Waals surface area (Å²) in [4.78, 5) is 22.2. The van der Waals surface area contributed by atoms with E-state index >= 15 is 0 Å². The largest absolute Gasteiger partial charge is 0.492 e. The number of unbranched alkanes of at least 4 members (excludes halogenated alkanes) is 19. The van der Waals surface area contributed by atoms with Gasteiger partial charge < -0.3 is 20.1 Å². The number of rotatable bonds is 38. The van der Waals surface area contributed by atoms with Gasteiger partial charge in [0.25, 0.3) is 0 Å². The number of ether oxygens (including phenoxy) is 2. The van der Waals surface area contributed by atoms with Crippen LogP contribution in [0.3, 0.4) is 0 Å². The van der Waals surface area contributed by atoms with Crippen LogP contribution in [-0.4, -0.2) is 43.3 Å². The Balaban J connectivity index is 4.14. The number of hydrogen-bond donors (Lipinski definition) is 2. The second-order valence-electron chi connectivity index (χ2n) is 13.2. The molecule has 9 heteroatoms. The van der Waals surface area contributed by atoms with Gasteiger partial charge in [-0.1, -0.05) is 153 Å². The molecule has 0 aromatic rings. The maximum absolute atomic E-state index is 12.4. The molecule has 50 heavy (non-hydrogen) atoms. The first-order valence-corrected chi connectivity index (χ1v) is 21.7. The van der Waals surface area contributed by atoms with E-state index in [1.165, 1.54) is 83.5 Å². The van der Waals surface area contributed by atoms with Crippen molar-refractivity contribution in [3.8, 4) is 0 Å². The van der Waals surface area contributed by atoms with E-state index in [4.69, 9.17) is 24.3 Å². The molecule has 0 saturated carbocycles. The summed E-state index contributed by atoms with van der Waals surface area (Å²) >= 11 is 0. The fourth-order valence-electron chi connectivity index (χ4n) is 5.35. The zero-order valence-electron chi connectivity index (χ0n) is 32.1. The molecule has 0 spiro atoms. The molecule has 0 bridgehead atoms. The lowest BCUT2D eigenvalue weighted by Gasteiger charge is -2.19. The van der Waals surface area contributed by atoms with Gasteiger partial charge in [0, 0.05) is 13.0 Å². The van der Waals surface area contributed by atoms with Gasteiger partial charge in [0.15, 0.2) is 6.10 Å². The number of carbonyl (C=O) groups excluding carboxylic acids is 1. The molecule has 0 rings (SSSR count). The Morgan fingerprint density at radius 1 is 0.640 bits per heavy atom. The van der Waals surface area contributed by atoms with E-state index in [0.29, 0.717) is 6.42 Å². The second kappa shape index (κ2) is 38.5. The van der Waals surface area contributed by atoms with Crippen LogP contribution >= 0.6 is 7.82 Å². The first kappa shape index (κ1) is 48.3. The summed E-state index contributed by atoms with van der Waals surface area (Å²) in [7, 11) is -4.27. The van der Waals surface area contributed by atoms with E-state index in [1.54, 1.807) is 6.26 Å². The molecule has 0 aliphatic heterocycles. The highest BCUT2D eigenvalue weighted by molar-refractivity contribution is 7.47. The lowest BCUT2D eigenvalue weighted by Crippen LogP contribution is -2.25. The molecule has 0 heterocycles. The van der Waals surface area contributed by atoms with Crippen molar-refractivity contribution in [2.24, 2.45) is 5.73 Å². The lowest BCUT2D eigenvalue weighted by atomic mass is 10.0. The summed E-state index contributed by atoms with van der Waals surface area (Å²) < 4.78 is 33.1.